The molecule has 0 aliphatic carbocycles. The van der Waals surface area contributed by atoms with Crippen LogP contribution in [0, 0.1) is 0 Å². The molecular formula is C12H12N2O4. The molecule has 0 aromatic heterocycles. The van der Waals surface area contributed by atoms with Crippen molar-refractivity contribution >= 4 is 23.6 Å². The first kappa shape index (κ1) is 12.1. The zero-order valence-corrected chi connectivity index (χ0v) is 9.50. The van der Waals surface area contributed by atoms with Gasteiger partial charge in [0.05, 0.1) is 5.92 Å². The summed E-state index contributed by atoms with van der Waals surface area (Å²) in [6.07, 6.45) is -1.15. The lowest BCUT2D eigenvalue weighted by molar-refractivity contribution is -0.146. The number of hydrogen-bond acceptors (Lipinski definition) is 4. The summed E-state index contributed by atoms with van der Waals surface area (Å²) in [4.78, 5) is 34.5. The number of amides is 3. The van der Waals surface area contributed by atoms with E-state index in [2.05, 4.69) is 0 Å². The molecule has 1 aromatic carbocycles. The molecule has 1 heterocycles. The Morgan fingerprint density at radius 2 is 1.89 bits per heavy atom. The van der Waals surface area contributed by atoms with Crippen LogP contribution in [0.2, 0.25) is 0 Å². The second kappa shape index (κ2) is 4.48. The molecule has 3 amide bonds. The van der Waals surface area contributed by atoms with Gasteiger partial charge in [-0.3, -0.25) is 9.59 Å². The molecule has 18 heavy (non-hydrogen) atoms. The molecule has 94 valence electrons. The predicted molar refractivity (Wildman–Crippen MR) is 62.7 cm³/mol. The SMILES string of the molecule is Nc1ccc(C2CCC(=O)N(C(=O)O)C2=O)cc1. The lowest BCUT2D eigenvalue weighted by Crippen LogP contribution is -2.47. The Morgan fingerprint density at radius 1 is 1.28 bits per heavy atom. The number of likely N-dealkylation sites (tertiary alicyclic amines) is 1. The van der Waals surface area contributed by atoms with Gasteiger partial charge in [-0.25, -0.2) is 4.79 Å². The number of hydrogen-bond donors (Lipinski definition) is 2. The Hall–Kier alpha value is -2.37. The highest BCUT2D eigenvalue weighted by Crippen LogP contribution is 2.29. The monoisotopic (exact) mass is 248 g/mol. The van der Waals surface area contributed by atoms with Crippen molar-refractivity contribution in [2.24, 2.45) is 0 Å². The van der Waals surface area contributed by atoms with Crippen LogP contribution in [-0.2, 0) is 9.59 Å². The number of benzene rings is 1. The molecule has 1 unspecified atom stereocenters. The minimum atomic E-state index is -1.52. The molecule has 0 spiro atoms. The van der Waals surface area contributed by atoms with Crippen LogP contribution in [0.5, 0.6) is 0 Å². The smallest absolute Gasteiger partial charge is 0.421 e. The molecule has 0 radical (unpaired) electrons. The van der Waals surface area contributed by atoms with Gasteiger partial charge in [0, 0.05) is 12.1 Å². The van der Waals surface area contributed by atoms with Gasteiger partial charge in [0.15, 0.2) is 0 Å². The third kappa shape index (κ3) is 2.04. The van der Waals surface area contributed by atoms with E-state index in [1.165, 1.54) is 0 Å². The number of nitrogens with zero attached hydrogens (tertiary/aromatic N) is 1. The van der Waals surface area contributed by atoms with E-state index >= 15 is 0 Å². The fourth-order valence-electron chi connectivity index (χ4n) is 2.02. The van der Waals surface area contributed by atoms with Gasteiger partial charge in [0.1, 0.15) is 0 Å². The van der Waals surface area contributed by atoms with Gasteiger partial charge in [0.2, 0.25) is 11.8 Å². The van der Waals surface area contributed by atoms with Crippen molar-refractivity contribution in [3.63, 3.8) is 0 Å². The third-order valence-corrected chi connectivity index (χ3v) is 2.94. The molecule has 1 atom stereocenters. The van der Waals surface area contributed by atoms with Crippen LogP contribution < -0.4 is 5.73 Å². The van der Waals surface area contributed by atoms with E-state index in [0.717, 1.165) is 0 Å². The number of carboxylic acid groups (broad SMARTS) is 1. The summed E-state index contributed by atoms with van der Waals surface area (Å²) < 4.78 is 0. The lowest BCUT2D eigenvalue weighted by atomic mass is 9.89. The van der Waals surface area contributed by atoms with Crippen molar-refractivity contribution in [2.45, 2.75) is 18.8 Å². The van der Waals surface area contributed by atoms with Crippen LogP contribution in [0.4, 0.5) is 10.5 Å². The highest BCUT2D eigenvalue weighted by Gasteiger charge is 2.39. The summed E-state index contributed by atoms with van der Waals surface area (Å²) in [5.41, 5.74) is 6.78. The largest absolute Gasteiger partial charge is 0.464 e. The topological polar surface area (TPSA) is 101 Å². The molecule has 1 aromatic rings. The molecule has 1 saturated heterocycles. The molecule has 1 fully saturated rings. The van der Waals surface area contributed by atoms with Gasteiger partial charge in [-0.2, -0.15) is 4.90 Å². The fraction of sp³-hybridized carbons (Fsp3) is 0.250. The molecule has 1 aliphatic heterocycles. The van der Waals surface area contributed by atoms with E-state index in [4.69, 9.17) is 10.8 Å². The molecule has 2 rings (SSSR count). The average molecular weight is 248 g/mol. The maximum Gasteiger partial charge on any atom is 0.421 e. The highest BCUT2D eigenvalue weighted by atomic mass is 16.4. The summed E-state index contributed by atoms with van der Waals surface area (Å²) in [6.45, 7) is 0. The van der Waals surface area contributed by atoms with E-state index in [9.17, 15) is 14.4 Å². The summed E-state index contributed by atoms with van der Waals surface area (Å²) in [5, 5.41) is 8.85. The number of imide groups is 3. The lowest BCUT2D eigenvalue weighted by Gasteiger charge is -2.27. The minimum absolute atomic E-state index is 0.0487. The van der Waals surface area contributed by atoms with Crippen LogP contribution in [-0.4, -0.2) is 27.9 Å². The van der Waals surface area contributed by atoms with Crippen LogP contribution >= 0.6 is 0 Å². The van der Waals surface area contributed by atoms with Crippen LogP contribution in [0.15, 0.2) is 24.3 Å². The van der Waals surface area contributed by atoms with E-state index < -0.39 is 23.8 Å². The Morgan fingerprint density at radius 3 is 2.44 bits per heavy atom. The molecule has 3 N–H and O–H groups in total. The van der Waals surface area contributed by atoms with Crippen molar-refractivity contribution in [2.75, 3.05) is 5.73 Å². The number of nitrogens with two attached hydrogens (primary N) is 1. The van der Waals surface area contributed by atoms with Crippen molar-refractivity contribution < 1.29 is 19.5 Å². The molecule has 6 heteroatoms. The summed E-state index contributed by atoms with van der Waals surface area (Å²) >= 11 is 0. The van der Waals surface area contributed by atoms with E-state index in [0.29, 0.717) is 22.6 Å². The second-order valence-electron chi connectivity index (χ2n) is 4.11. The zero-order chi connectivity index (χ0) is 13.3. The van der Waals surface area contributed by atoms with E-state index in [1.807, 2.05) is 0 Å². The Kier molecular flexibility index (Phi) is 3.01. The van der Waals surface area contributed by atoms with E-state index in [-0.39, 0.29) is 6.42 Å². The first-order valence-electron chi connectivity index (χ1n) is 5.46. The summed E-state index contributed by atoms with van der Waals surface area (Å²) in [5.74, 6) is -1.96. The fourth-order valence-corrected chi connectivity index (χ4v) is 2.02. The first-order chi connectivity index (χ1) is 8.50. The van der Waals surface area contributed by atoms with Crippen molar-refractivity contribution in [1.29, 1.82) is 0 Å². The first-order valence-corrected chi connectivity index (χ1v) is 5.46. The number of carbonyl (C=O) groups excluding carboxylic acids is 2. The number of rotatable bonds is 1. The van der Waals surface area contributed by atoms with Gasteiger partial charge in [-0.1, -0.05) is 12.1 Å². The Balaban J connectivity index is 2.30. The normalized spacial score (nSPS) is 20.0. The van der Waals surface area contributed by atoms with Gasteiger partial charge >= 0.3 is 6.09 Å². The number of nitrogen functional groups attached to an aromatic ring is 1. The number of piperidine rings is 1. The quantitative estimate of drug-likeness (QED) is 0.574. The van der Waals surface area contributed by atoms with Gasteiger partial charge in [0.25, 0.3) is 0 Å². The Labute approximate surface area is 103 Å². The van der Waals surface area contributed by atoms with Crippen LogP contribution in [0.1, 0.15) is 24.3 Å². The number of carbonyl (C=O) groups is 3. The van der Waals surface area contributed by atoms with Crippen molar-refractivity contribution in [3.05, 3.63) is 29.8 Å². The summed E-state index contributed by atoms with van der Waals surface area (Å²) in [6, 6.07) is 6.63. The zero-order valence-electron chi connectivity index (χ0n) is 9.50. The summed E-state index contributed by atoms with van der Waals surface area (Å²) in [7, 11) is 0. The van der Waals surface area contributed by atoms with Crippen LogP contribution in [0.3, 0.4) is 0 Å². The maximum atomic E-state index is 12.0. The minimum Gasteiger partial charge on any atom is -0.464 e. The molecule has 0 bridgehead atoms. The van der Waals surface area contributed by atoms with Gasteiger partial charge in [-0.05, 0) is 24.1 Å². The van der Waals surface area contributed by atoms with Crippen molar-refractivity contribution in [3.8, 4) is 0 Å². The highest BCUT2D eigenvalue weighted by molar-refractivity contribution is 6.11. The molecule has 6 nitrogen and oxygen atoms in total. The number of anilines is 1. The predicted octanol–water partition coefficient (Wildman–Crippen LogP) is 1.18. The van der Waals surface area contributed by atoms with Crippen LogP contribution in [0.25, 0.3) is 0 Å². The maximum absolute atomic E-state index is 12.0. The van der Waals surface area contributed by atoms with Gasteiger partial charge in [-0.15, -0.1) is 0 Å². The average Bonchev–Trinajstić information content (AvgIpc) is 2.30. The Bertz CT molecular complexity index is 509. The standard InChI is InChI=1S/C12H12N2O4/c13-8-3-1-7(2-4-8)9-5-6-10(15)14(11(9)16)12(17)18/h1-4,9H,5-6,13H2,(H,17,18). The molecular weight excluding hydrogens is 236 g/mol. The van der Waals surface area contributed by atoms with E-state index in [1.54, 1.807) is 24.3 Å². The third-order valence-electron chi connectivity index (χ3n) is 2.94. The van der Waals surface area contributed by atoms with Crippen molar-refractivity contribution in [1.82, 2.24) is 4.90 Å². The molecule has 1 aliphatic rings. The molecule has 0 saturated carbocycles. The van der Waals surface area contributed by atoms with Gasteiger partial charge < -0.3 is 10.8 Å². The second-order valence-corrected chi connectivity index (χ2v) is 4.11.